The van der Waals surface area contributed by atoms with Crippen LogP contribution in [0.4, 0.5) is 11.4 Å². The number of rotatable bonds is 4. The van der Waals surface area contributed by atoms with Crippen LogP contribution in [0.5, 0.6) is 0 Å². The van der Waals surface area contributed by atoms with Gasteiger partial charge in [-0.15, -0.1) is 10.2 Å². The van der Waals surface area contributed by atoms with E-state index in [0.717, 1.165) is 11.3 Å². The first-order valence-corrected chi connectivity index (χ1v) is 8.28. The van der Waals surface area contributed by atoms with Crippen molar-refractivity contribution >= 4 is 40.4 Å². The first kappa shape index (κ1) is 17.1. The Morgan fingerprint density at radius 2 is 1.32 bits per heavy atom. The lowest BCUT2D eigenvalue weighted by atomic mass is 10.2. The Bertz CT molecular complexity index is 874. The standard InChI is InChI=1S/C19H14Cl2N4/c20-15-6-10-17(11-7-15)22-24-19(14-4-2-1-3-5-14)25-23-18-12-8-16(21)9-13-18/h1-13,22H. The molecule has 0 aliphatic carbocycles. The number of amidine groups is 1. The summed E-state index contributed by atoms with van der Waals surface area (Å²) in [6.07, 6.45) is 0. The summed E-state index contributed by atoms with van der Waals surface area (Å²) in [4.78, 5) is 0. The average molecular weight is 369 g/mol. The number of halogens is 2. The number of azo groups is 1. The van der Waals surface area contributed by atoms with Crippen molar-refractivity contribution in [1.82, 2.24) is 0 Å². The van der Waals surface area contributed by atoms with E-state index in [9.17, 15) is 0 Å². The number of hydrazone groups is 1. The van der Waals surface area contributed by atoms with Crippen LogP contribution < -0.4 is 5.43 Å². The van der Waals surface area contributed by atoms with Gasteiger partial charge in [0.25, 0.3) is 0 Å². The summed E-state index contributed by atoms with van der Waals surface area (Å²) in [7, 11) is 0. The van der Waals surface area contributed by atoms with Gasteiger partial charge in [-0.25, -0.2) is 0 Å². The molecule has 25 heavy (non-hydrogen) atoms. The lowest BCUT2D eigenvalue weighted by Crippen LogP contribution is -2.00. The first-order valence-electron chi connectivity index (χ1n) is 7.53. The first-order chi connectivity index (χ1) is 12.2. The smallest absolute Gasteiger partial charge is 0.201 e. The Kier molecular flexibility index (Phi) is 5.77. The molecule has 1 N–H and O–H groups in total. The summed E-state index contributed by atoms with van der Waals surface area (Å²) >= 11 is 11.8. The van der Waals surface area contributed by atoms with Gasteiger partial charge in [-0.05, 0) is 48.5 Å². The van der Waals surface area contributed by atoms with Crippen molar-refractivity contribution in [3.05, 3.63) is 94.5 Å². The van der Waals surface area contributed by atoms with E-state index in [2.05, 4.69) is 20.8 Å². The van der Waals surface area contributed by atoms with Gasteiger partial charge in [-0.2, -0.15) is 5.10 Å². The second-order valence-electron chi connectivity index (χ2n) is 5.10. The number of nitrogens with one attached hydrogen (secondary N) is 1. The predicted octanol–water partition coefficient (Wildman–Crippen LogP) is 6.55. The summed E-state index contributed by atoms with van der Waals surface area (Å²) in [5, 5.41) is 14.2. The van der Waals surface area contributed by atoms with E-state index in [-0.39, 0.29) is 0 Å². The molecule has 3 aromatic carbocycles. The maximum atomic E-state index is 5.89. The van der Waals surface area contributed by atoms with Crippen LogP contribution in [0, 0.1) is 0 Å². The van der Waals surface area contributed by atoms with Crippen LogP contribution >= 0.6 is 23.2 Å². The van der Waals surface area contributed by atoms with Crippen molar-refractivity contribution in [2.45, 2.75) is 0 Å². The lowest BCUT2D eigenvalue weighted by Gasteiger charge is -2.03. The van der Waals surface area contributed by atoms with Crippen LogP contribution in [0.25, 0.3) is 0 Å². The molecule has 0 amide bonds. The van der Waals surface area contributed by atoms with Crippen LogP contribution in [0.15, 0.2) is 94.2 Å². The Hall–Kier alpha value is -2.69. The molecule has 4 nitrogen and oxygen atoms in total. The summed E-state index contributed by atoms with van der Waals surface area (Å²) in [5.41, 5.74) is 5.32. The molecular formula is C19H14Cl2N4. The van der Waals surface area contributed by atoms with Crippen molar-refractivity contribution in [2.24, 2.45) is 15.3 Å². The molecule has 0 bridgehead atoms. The van der Waals surface area contributed by atoms with Crippen LogP contribution in [0.3, 0.4) is 0 Å². The predicted molar refractivity (Wildman–Crippen MR) is 104 cm³/mol. The fourth-order valence-electron chi connectivity index (χ4n) is 1.99. The maximum absolute atomic E-state index is 5.89. The van der Waals surface area contributed by atoms with E-state index < -0.39 is 0 Å². The molecule has 0 radical (unpaired) electrons. The third-order valence-electron chi connectivity index (χ3n) is 3.25. The summed E-state index contributed by atoms with van der Waals surface area (Å²) < 4.78 is 0. The van der Waals surface area contributed by atoms with Crippen molar-refractivity contribution in [3.63, 3.8) is 0 Å². The minimum atomic E-state index is 0.463. The molecule has 0 saturated carbocycles. The zero-order chi connectivity index (χ0) is 17.5. The third-order valence-corrected chi connectivity index (χ3v) is 3.76. The van der Waals surface area contributed by atoms with Gasteiger partial charge < -0.3 is 0 Å². The summed E-state index contributed by atoms with van der Waals surface area (Å²) in [5.74, 6) is 0.463. The molecule has 3 aromatic rings. The van der Waals surface area contributed by atoms with E-state index in [1.54, 1.807) is 36.4 Å². The van der Waals surface area contributed by atoms with Gasteiger partial charge >= 0.3 is 0 Å². The van der Waals surface area contributed by atoms with Crippen molar-refractivity contribution in [3.8, 4) is 0 Å². The number of anilines is 1. The molecule has 0 unspecified atom stereocenters. The Morgan fingerprint density at radius 1 is 0.720 bits per heavy atom. The number of benzene rings is 3. The molecule has 0 heterocycles. The van der Waals surface area contributed by atoms with Crippen LogP contribution in [0.1, 0.15) is 5.56 Å². The van der Waals surface area contributed by atoms with Crippen LogP contribution in [0.2, 0.25) is 10.0 Å². The highest BCUT2D eigenvalue weighted by Gasteiger charge is 2.02. The molecule has 0 saturated heterocycles. The van der Waals surface area contributed by atoms with E-state index in [4.69, 9.17) is 23.2 Å². The number of nitrogens with zero attached hydrogens (tertiary/aromatic N) is 3. The zero-order valence-electron chi connectivity index (χ0n) is 13.1. The molecule has 6 heteroatoms. The molecule has 0 atom stereocenters. The van der Waals surface area contributed by atoms with Crippen molar-refractivity contribution < 1.29 is 0 Å². The van der Waals surface area contributed by atoms with Crippen LogP contribution in [-0.4, -0.2) is 5.84 Å². The molecule has 0 aliphatic heterocycles. The van der Waals surface area contributed by atoms with E-state index in [0.29, 0.717) is 21.6 Å². The minimum absolute atomic E-state index is 0.463. The van der Waals surface area contributed by atoms with Crippen molar-refractivity contribution in [2.75, 3.05) is 5.43 Å². The van der Waals surface area contributed by atoms with Gasteiger partial charge in [0.15, 0.2) is 0 Å². The van der Waals surface area contributed by atoms with Gasteiger partial charge in [0.2, 0.25) is 5.84 Å². The minimum Gasteiger partial charge on any atom is -0.276 e. The normalized spacial score (nSPS) is 11.7. The fourth-order valence-corrected chi connectivity index (χ4v) is 2.24. The molecule has 0 aliphatic rings. The highest BCUT2D eigenvalue weighted by molar-refractivity contribution is 6.30. The Balaban J connectivity index is 1.85. The molecular weight excluding hydrogens is 355 g/mol. The monoisotopic (exact) mass is 368 g/mol. The largest absolute Gasteiger partial charge is 0.276 e. The third kappa shape index (κ3) is 5.14. The maximum Gasteiger partial charge on any atom is 0.201 e. The second-order valence-corrected chi connectivity index (χ2v) is 5.97. The van der Waals surface area contributed by atoms with Crippen molar-refractivity contribution in [1.29, 1.82) is 0 Å². The molecule has 0 spiro atoms. The topological polar surface area (TPSA) is 49.1 Å². The Morgan fingerprint density at radius 3 is 1.96 bits per heavy atom. The van der Waals surface area contributed by atoms with E-state index in [1.165, 1.54) is 0 Å². The highest BCUT2D eigenvalue weighted by Crippen LogP contribution is 2.18. The number of hydrogen-bond acceptors (Lipinski definition) is 3. The zero-order valence-corrected chi connectivity index (χ0v) is 14.6. The highest BCUT2D eigenvalue weighted by atomic mass is 35.5. The van der Waals surface area contributed by atoms with Crippen LogP contribution in [-0.2, 0) is 0 Å². The number of hydrogen-bond donors (Lipinski definition) is 1. The van der Waals surface area contributed by atoms with Gasteiger partial charge in [-0.1, -0.05) is 53.5 Å². The van der Waals surface area contributed by atoms with E-state index in [1.807, 2.05) is 42.5 Å². The summed E-state index contributed by atoms with van der Waals surface area (Å²) in [6.45, 7) is 0. The second kappa shape index (κ2) is 8.42. The fraction of sp³-hybridized carbons (Fsp3) is 0. The van der Waals surface area contributed by atoms with Gasteiger partial charge in [-0.3, -0.25) is 5.43 Å². The molecule has 124 valence electrons. The molecule has 0 aromatic heterocycles. The van der Waals surface area contributed by atoms with Gasteiger partial charge in [0.05, 0.1) is 11.4 Å². The van der Waals surface area contributed by atoms with Gasteiger partial charge in [0, 0.05) is 15.6 Å². The summed E-state index contributed by atoms with van der Waals surface area (Å²) in [6, 6.07) is 24.0. The Labute approximate surface area is 155 Å². The van der Waals surface area contributed by atoms with Gasteiger partial charge in [0.1, 0.15) is 0 Å². The van der Waals surface area contributed by atoms with E-state index >= 15 is 0 Å². The molecule has 0 fully saturated rings. The lowest BCUT2D eigenvalue weighted by molar-refractivity contribution is 1.22. The molecule has 3 rings (SSSR count). The quantitative estimate of drug-likeness (QED) is 0.241. The SMILES string of the molecule is Clc1ccc(N=NC(=NNc2ccc(Cl)cc2)c2ccccc2)cc1. The average Bonchev–Trinajstić information content (AvgIpc) is 2.65.